The molecule has 0 atom stereocenters. The highest BCUT2D eigenvalue weighted by atomic mass is 32.2. The van der Waals surface area contributed by atoms with E-state index in [-0.39, 0.29) is 10.9 Å². The molecule has 0 unspecified atom stereocenters. The van der Waals surface area contributed by atoms with Gasteiger partial charge in [0, 0.05) is 20.4 Å². The van der Waals surface area contributed by atoms with Crippen molar-refractivity contribution in [2.75, 3.05) is 25.3 Å². The van der Waals surface area contributed by atoms with Crippen molar-refractivity contribution in [2.24, 2.45) is 0 Å². The number of anilines is 1. The van der Waals surface area contributed by atoms with Gasteiger partial charge in [0.1, 0.15) is 0 Å². The Bertz CT molecular complexity index is 366. The van der Waals surface area contributed by atoms with Gasteiger partial charge in [-0.2, -0.15) is 0 Å². The molecule has 0 spiro atoms. The third-order valence-electron chi connectivity index (χ3n) is 1.27. The van der Waals surface area contributed by atoms with E-state index in [2.05, 4.69) is 4.98 Å². The fourth-order valence-corrected chi connectivity index (χ4v) is 1.56. The summed E-state index contributed by atoms with van der Waals surface area (Å²) >= 11 is 0. The average molecular weight is 190 g/mol. The van der Waals surface area contributed by atoms with Gasteiger partial charge in [0.05, 0.1) is 0 Å². The van der Waals surface area contributed by atoms with Gasteiger partial charge in [-0.1, -0.05) is 0 Å². The van der Waals surface area contributed by atoms with E-state index >= 15 is 0 Å². The summed E-state index contributed by atoms with van der Waals surface area (Å²) in [4.78, 5) is 5.17. The highest BCUT2D eigenvalue weighted by Gasteiger charge is 2.19. The summed E-state index contributed by atoms with van der Waals surface area (Å²) in [6.07, 6.45) is 2.21. The lowest BCUT2D eigenvalue weighted by Crippen LogP contribution is -2.12. The standard InChI is InChI=1S/C6H10N2O3S/c1-8(2)6-5(7-4-11-6)12(3,9)10/h4H,1-3H3. The van der Waals surface area contributed by atoms with Gasteiger partial charge in [0.25, 0.3) is 0 Å². The molecular formula is C6H10N2O3S. The molecule has 0 aromatic carbocycles. The molecule has 12 heavy (non-hydrogen) atoms. The van der Waals surface area contributed by atoms with E-state index in [0.29, 0.717) is 0 Å². The predicted molar refractivity (Wildman–Crippen MR) is 43.9 cm³/mol. The molecule has 0 radical (unpaired) electrons. The van der Waals surface area contributed by atoms with Crippen LogP contribution in [-0.2, 0) is 9.84 Å². The summed E-state index contributed by atoms with van der Waals surface area (Å²) in [5, 5.41) is -0.0208. The first-order valence-corrected chi connectivity index (χ1v) is 5.13. The molecule has 0 saturated heterocycles. The van der Waals surface area contributed by atoms with E-state index in [0.717, 1.165) is 12.6 Å². The summed E-state index contributed by atoms with van der Waals surface area (Å²) in [5.41, 5.74) is 0. The Morgan fingerprint density at radius 1 is 1.50 bits per heavy atom. The summed E-state index contributed by atoms with van der Waals surface area (Å²) in [6, 6.07) is 0. The topological polar surface area (TPSA) is 63.4 Å². The normalized spacial score (nSPS) is 11.6. The van der Waals surface area contributed by atoms with Gasteiger partial charge in [-0.05, 0) is 0 Å². The molecule has 1 rings (SSSR count). The van der Waals surface area contributed by atoms with Crippen molar-refractivity contribution in [3.8, 4) is 0 Å². The summed E-state index contributed by atoms with van der Waals surface area (Å²) in [7, 11) is 0.0977. The molecule has 5 nitrogen and oxygen atoms in total. The zero-order valence-corrected chi connectivity index (χ0v) is 7.92. The van der Waals surface area contributed by atoms with Crippen LogP contribution in [0.2, 0.25) is 0 Å². The molecule has 6 heteroatoms. The number of sulfone groups is 1. The van der Waals surface area contributed by atoms with E-state index in [9.17, 15) is 8.42 Å². The first kappa shape index (κ1) is 9.05. The molecule has 1 aromatic rings. The van der Waals surface area contributed by atoms with Gasteiger partial charge < -0.3 is 9.32 Å². The van der Waals surface area contributed by atoms with E-state index in [1.807, 2.05) is 0 Å². The Morgan fingerprint density at radius 2 is 2.08 bits per heavy atom. The molecule has 0 aliphatic carbocycles. The number of rotatable bonds is 2. The largest absolute Gasteiger partial charge is 0.426 e. The highest BCUT2D eigenvalue weighted by Crippen LogP contribution is 2.20. The minimum Gasteiger partial charge on any atom is -0.426 e. The quantitative estimate of drug-likeness (QED) is 0.664. The average Bonchev–Trinajstić information content (AvgIpc) is 2.30. The maximum atomic E-state index is 11.1. The molecule has 0 saturated carbocycles. The van der Waals surface area contributed by atoms with E-state index < -0.39 is 9.84 Å². The van der Waals surface area contributed by atoms with Crippen LogP contribution in [0, 0.1) is 0 Å². The molecule has 1 heterocycles. The van der Waals surface area contributed by atoms with Crippen molar-refractivity contribution < 1.29 is 12.8 Å². The number of oxazole rings is 1. The van der Waals surface area contributed by atoms with Gasteiger partial charge >= 0.3 is 0 Å². The predicted octanol–water partition coefficient (Wildman–Crippen LogP) is 0.144. The monoisotopic (exact) mass is 190 g/mol. The van der Waals surface area contributed by atoms with Crippen LogP contribution < -0.4 is 4.90 Å². The molecule has 1 aromatic heterocycles. The first-order chi connectivity index (χ1) is 5.43. The Hall–Kier alpha value is -1.04. The van der Waals surface area contributed by atoms with Crippen molar-refractivity contribution in [3.05, 3.63) is 6.39 Å². The number of hydrogen-bond acceptors (Lipinski definition) is 5. The Morgan fingerprint density at radius 3 is 2.42 bits per heavy atom. The molecular weight excluding hydrogens is 180 g/mol. The third kappa shape index (κ3) is 1.58. The van der Waals surface area contributed by atoms with Crippen LogP contribution in [0.3, 0.4) is 0 Å². The Balaban J connectivity index is 3.26. The molecule has 0 fully saturated rings. The van der Waals surface area contributed by atoms with E-state index in [1.54, 1.807) is 19.0 Å². The van der Waals surface area contributed by atoms with Gasteiger partial charge in [-0.15, -0.1) is 0 Å². The number of hydrogen-bond donors (Lipinski definition) is 0. The molecule has 68 valence electrons. The van der Waals surface area contributed by atoms with E-state index in [4.69, 9.17) is 4.42 Å². The number of nitrogens with zero attached hydrogens (tertiary/aromatic N) is 2. The SMILES string of the molecule is CN(C)c1ocnc1S(C)(=O)=O. The molecule has 0 amide bonds. The zero-order chi connectivity index (χ0) is 9.35. The van der Waals surface area contributed by atoms with Gasteiger partial charge in [-0.3, -0.25) is 0 Å². The van der Waals surface area contributed by atoms with Crippen molar-refractivity contribution >= 4 is 15.7 Å². The van der Waals surface area contributed by atoms with Crippen LogP contribution >= 0.6 is 0 Å². The smallest absolute Gasteiger partial charge is 0.234 e. The summed E-state index contributed by atoms with van der Waals surface area (Å²) in [6.45, 7) is 0. The van der Waals surface area contributed by atoms with Crippen LogP contribution in [0.25, 0.3) is 0 Å². The number of aromatic nitrogens is 1. The second-order valence-corrected chi connectivity index (χ2v) is 4.56. The molecule has 0 aliphatic heterocycles. The summed E-state index contributed by atoms with van der Waals surface area (Å²) in [5.74, 6) is 0.262. The lowest BCUT2D eigenvalue weighted by molar-refractivity contribution is 0.551. The second-order valence-electron chi connectivity index (χ2n) is 2.63. The van der Waals surface area contributed by atoms with Crippen LogP contribution in [0.5, 0.6) is 0 Å². The minimum atomic E-state index is -3.28. The molecule has 0 aliphatic rings. The lowest BCUT2D eigenvalue weighted by atomic mass is 10.7. The van der Waals surface area contributed by atoms with Crippen molar-refractivity contribution in [3.63, 3.8) is 0 Å². The molecule has 0 bridgehead atoms. The van der Waals surface area contributed by atoms with Crippen LogP contribution in [0.15, 0.2) is 15.8 Å². The van der Waals surface area contributed by atoms with Crippen molar-refractivity contribution in [1.82, 2.24) is 4.98 Å². The fourth-order valence-electron chi connectivity index (χ4n) is 0.781. The second kappa shape index (κ2) is 2.78. The lowest BCUT2D eigenvalue weighted by Gasteiger charge is -2.07. The maximum Gasteiger partial charge on any atom is 0.234 e. The molecule has 0 N–H and O–H groups in total. The van der Waals surface area contributed by atoms with Crippen LogP contribution in [0.1, 0.15) is 0 Å². The first-order valence-electron chi connectivity index (χ1n) is 3.24. The third-order valence-corrected chi connectivity index (χ3v) is 2.26. The van der Waals surface area contributed by atoms with Crippen molar-refractivity contribution in [1.29, 1.82) is 0 Å². The zero-order valence-electron chi connectivity index (χ0n) is 7.10. The van der Waals surface area contributed by atoms with Gasteiger partial charge in [0.2, 0.25) is 10.9 Å². The van der Waals surface area contributed by atoms with E-state index in [1.165, 1.54) is 0 Å². The maximum absolute atomic E-state index is 11.1. The van der Waals surface area contributed by atoms with Gasteiger partial charge in [-0.25, -0.2) is 13.4 Å². The minimum absolute atomic E-state index is 0.0208. The van der Waals surface area contributed by atoms with Crippen LogP contribution in [0.4, 0.5) is 5.88 Å². The Kier molecular flexibility index (Phi) is 2.10. The Labute approximate surface area is 70.9 Å². The van der Waals surface area contributed by atoms with Crippen molar-refractivity contribution in [2.45, 2.75) is 5.03 Å². The highest BCUT2D eigenvalue weighted by molar-refractivity contribution is 7.90. The van der Waals surface area contributed by atoms with Crippen LogP contribution in [-0.4, -0.2) is 33.8 Å². The van der Waals surface area contributed by atoms with Gasteiger partial charge in [0.15, 0.2) is 16.2 Å². The summed E-state index contributed by atoms with van der Waals surface area (Å²) < 4.78 is 27.0. The fraction of sp³-hybridized carbons (Fsp3) is 0.500.